The molecule has 1 amide bonds. The highest BCUT2D eigenvalue weighted by Gasteiger charge is 2.12. The van der Waals surface area contributed by atoms with Gasteiger partial charge in [-0.3, -0.25) is 9.59 Å². The molecule has 0 saturated heterocycles. The van der Waals surface area contributed by atoms with Crippen molar-refractivity contribution in [2.75, 3.05) is 20.3 Å². The van der Waals surface area contributed by atoms with Crippen LogP contribution in [0.25, 0.3) is 11.4 Å². The van der Waals surface area contributed by atoms with Crippen LogP contribution >= 0.6 is 0 Å². The first-order valence-corrected chi connectivity index (χ1v) is 11.2. The molecule has 0 saturated carbocycles. The van der Waals surface area contributed by atoms with Crippen molar-refractivity contribution in [2.45, 2.75) is 39.0 Å². The van der Waals surface area contributed by atoms with Gasteiger partial charge in [0.1, 0.15) is 5.69 Å². The van der Waals surface area contributed by atoms with E-state index in [0.29, 0.717) is 36.0 Å². The first-order valence-electron chi connectivity index (χ1n) is 11.2. The van der Waals surface area contributed by atoms with Gasteiger partial charge in [0.2, 0.25) is 5.91 Å². The van der Waals surface area contributed by atoms with E-state index in [2.05, 4.69) is 32.6 Å². The number of H-pyrrole nitrogens is 1. The third-order valence-corrected chi connectivity index (χ3v) is 5.06. The molecule has 0 unspecified atom stereocenters. The fourth-order valence-corrected chi connectivity index (χ4v) is 3.29. The third-order valence-electron chi connectivity index (χ3n) is 5.06. The van der Waals surface area contributed by atoms with Crippen molar-refractivity contribution in [3.63, 3.8) is 0 Å². The van der Waals surface area contributed by atoms with Crippen molar-refractivity contribution in [1.82, 2.24) is 20.5 Å². The molecule has 3 rings (SSSR count). The van der Waals surface area contributed by atoms with Gasteiger partial charge in [-0.1, -0.05) is 37.3 Å². The number of carbonyl (C=O) groups is 1. The monoisotopic (exact) mass is 450 g/mol. The zero-order valence-corrected chi connectivity index (χ0v) is 19.1. The summed E-state index contributed by atoms with van der Waals surface area (Å²) in [5, 5.41) is 11.1. The molecular formula is C25H30N4O4. The fraction of sp³-hybridized carbons (Fsp3) is 0.360. The van der Waals surface area contributed by atoms with Crippen LogP contribution in [0, 0.1) is 0 Å². The van der Waals surface area contributed by atoms with Gasteiger partial charge in [-0.15, -0.1) is 10.2 Å². The Hall–Kier alpha value is -3.68. The summed E-state index contributed by atoms with van der Waals surface area (Å²) in [7, 11) is 1.56. The highest BCUT2D eigenvalue weighted by Crippen LogP contribution is 2.31. The number of carbonyl (C=O) groups excluding carboxylic acids is 1. The van der Waals surface area contributed by atoms with Gasteiger partial charge in [-0.25, -0.2) is 0 Å². The van der Waals surface area contributed by atoms with Gasteiger partial charge in [0.25, 0.3) is 5.56 Å². The van der Waals surface area contributed by atoms with Crippen molar-refractivity contribution in [3.05, 3.63) is 70.1 Å². The number of ether oxygens (including phenoxy) is 2. The lowest BCUT2D eigenvalue weighted by Gasteiger charge is -2.11. The van der Waals surface area contributed by atoms with Gasteiger partial charge in [-0.2, -0.15) is 0 Å². The van der Waals surface area contributed by atoms with Crippen molar-refractivity contribution < 1.29 is 14.3 Å². The second-order valence-electron chi connectivity index (χ2n) is 7.60. The predicted octanol–water partition coefficient (Wildman–Crippen LogP) is 3.31. The van der Waals surface area contributed by atoms with E-state index in [1.54, 1.807) is 25.3 Å². The van der Waals surface area contributed by atoms with Crippen LogP contribution in [0.15, 0.2) is 53.3 Å². The van der Waals surface area contributed by atoms with Crippen LogP contribution in [0.4, 0.5) is 0 Å². The van der Waals surface area contributed by atoms with Gasteiger partial charge >= 0.3 is 0 Å². The first kappa shape index (κ1) is 24.0. The van der Waals surface area contributed by atoms with Gasteiger partial charge < -0.3 is 19.8 Å². The lowest BCUT2D eigenvalue weighted by Crippen LogP contribution is -2.26. The Morgan fingerprint density at radius 2 is 1.88 bits per heavy atom. The predicted molar refractivity (Wildman–Crippen MR) is 127 cm³/mol. The summed E-state index contributed by atoms with van der Waals surface area (Å²) in [6.07, 6.45) is 3.05. The fourth-order valence-electron chi connectivity index (χ4n) is 3.29. The van der Waals surface area contributed by atoms with Gasteiger partial charge in [0.05, 0.1) is 13.7 Å². The van der Waals surface area contributed by atoms with Gasteiger partial charge in [0, 0.05) is 24.9 Å². The number of nitrogens with zero attached hydrogens (tertiary/aromatic N) is 2. The number of nitrogens with one attached hydrogen (secondary N) is 2. The standard InChI is InChI=1S/C25H30N4O4/c1-3-16-33-21-13-11-19(17-22(21)32-2)24-27-25(31)20(28-29-24)12-14-23(30)26-15-7-10-18-8-5-4-6-9-18/h4-6,8-9,11,13,17H,3,7,10,12,14-16H2,1-2H3,(H,26,30)(H,27,29,31). The normalized spacial score (nSPS) is 10.6. The van der Waals surface area contributed by atoms with Crippen LogP contribution in [-0.4, -0.2) is 41.3 Å². The van der Waals surface area contributed by atoms with Crippen LogP contribution in [0.3, 0.4) is 0 Å². The Bertz CT molecular complexity index is 1100. The molecule has 0 aliphatic rings. The maximum absolute atomic E-state index is 12.5. The summed E-state index contributed by atoms with van der Waals surface area (Å²) < 4.78 is 11.0. The first-order chi connectivity index (χ1) is 16.1. The van der Waals surface area contributed by atoms with E-state index in [-0.39, 0.29) is 30.0 Å². The lowest BCUT2D eigenvalue weighted by molar-refractivity contribution is -0.121. The Labute approximate surface area is 193 Å². The zero-order chi connectivity index (χ0) is 23.5. The van der Waals surface area contributed by atoms with Gasteiger partial charge in [-0.05, 0) is 43.0 Å². The molecule has 1 heterocycles. The average molecular weight is 451 g/mol. The molecule has 0 radical (unpaired) electrons. The Kier molecular flexibility index (Phi) is 8.99. The maximum Gasteiger partial charge on any atom is 0.273 e. The smallest absolute Gasteiger partial charge is 0.273 e. The van der Waals surface area contributed by atoms with E-state index in [1.165, 1.54) is 5.56 Å². The molecule has 1 aromatic heterocycles. The van der Waals surface area contributed by atoms with Crippen molar-refractivity contribution in [2.24, 2.45) is 0 Å². The summed E-state index contributed by atoms with van der Waals surface area (Å²) in [6.45, 7) is 3.20. The molecule has 3 aromatic rings. The molecule has 0 aliphatic carbocycles. The highest BCUT2D eigenvalue weighted by atomic mass is 16.5. The number of rotatable bonds is 12. The SMILES string of the molecule is CCCOc1ccc(-c2nnc(CCC(=O)NCCCc3ccccc3)c(=O)[nH]2)cc1OC. The molecule has 0 spiro atoms. The number of aromatic amines is 1. The number of benzene rings is 2. The van der Waals surface area contributed by atoms with E-state index < -0.39 is 0 Å². The zero-order valence-electron chi connectivity index (χ0n) is 19.1. The maximum atomic E-state index is 12.5. The quantitative estimate of drug-likeness (QED) is 0.410. The number of amides is 1. The van der Waals surface area contributed by atoms with E-state index in [9.17, 15) is 9.59 Å². The molecule has 2 aromatic carbocycles. The number of hydrogen-bond acceptors (Lipinski definition) is 6. The number of aryl methyl sites for hydroxylation is 2. The second kappa shape index (κ2) is 12.4. The summed E-state index contributed by atoms with van der Waals surface area (Å²) >= 11 is 0. The van der Waals surface area contributed by atoms with Crippen LogP contribution in [0.5, 0.6) is 11.5 Å². The Morgan fingerprint density at radius 3 is 2.61 bits per heavy atom. The number of methoxy groups -OCH3 is 1. The van der Waals surface area contributed by atoms with E-state index >= 15 is 0 Å². The minimum Gasteiger partial charge on any atom is -0.493 e. The number of hydrogen-bond donors (Lipinski definition) is 2. The summed E-state index contributed by atoms with van der Waals surface area (Å²) in [4.78, 5) is 27.3. The summed E-state index contributed by atoms with van der Waals surface area (Å²) in [6, 6.07) is 15.4. The van der Waals surface area contributed by atoms with Crippen LogP contribution in [-0.2, 0) is 17.6 Å². The van der Waals surface area contributed by atoms with E-state index in [0.717, 1.165) is 19.3 Å². The lowest BCUT2D eigenvalue weighted by atomic mass is 10.1. The highest BCUT2D eigenvalue weighted by molar-refractivity contribution is 5.76. The molecule has 2 N–H and O–H groups in total. The minimum atomic E-state index is -0.359. The second-order valence-corrected chi connectivity index (χ2v) is 7.60. The summed E-state index contributed by atoms with van der Waals surface area (Å²) in [5.41, 5.74) is 1.77. The van der Waals surface area contributed by atoms with Crippen molar-refractivity contribution >= 4 is 5.91 Å². The third kappa shape index (κ3) is 7.17. The molecule has 0 bridgehead atoms. The van der Waals surface area contributed by atoms with Crippen LogP contribution < -0.4 is 20.3 Å². The molecule has 33 heavy (non-hydrogen) atoms. The minimum absolute atomic E-state index is 0.110. The molecule has 0 atom stereocenters. The van der Waals surface area contributed by atoms with Gasteiger partial charge in [0.15, 0.2) is 17.3 Å². The largest absolute Gasteiger partial charge is 0.493 e. The molecule has 8 heteroatoms. The Balaban J connectivity index is 1.52. The Morgan fingerprint density at radius 1 is 1.06 bits per heavy atom. The molecule has 174 valence electrons. The molecular weight excluding hydrogens is 420 g/mol. The molecule has 8 nitrogen and oxygen atoms in total. The summed E-state index contributed by atoms with van der Waals surface area (Å²) in [5.74, 6) is 1.40. The average Bonchev–Trinajstić information content (AvgIpc) is 2.85. The topological polar surface area (TPSA) is 106 Å². The van der Waals surface area contributed by atoms with Crippen molar-refractivity contribution in [3.8, 4) is 22.9 Å². The van der Waals surface area contributed by atoms with Crippen molar-refractivity contribution in [1.29, 1.82) is 0 Å². The van der Waals surface area contributed by atoms with Crippen LogP contribution in [0.2, 0.25) is 0 Å². The number of aromatic nitrogens is 3. The molecule has 0 fully saturated rings. The van der Waals surface area contributed by atoms with Crippen LogP contribution in [0.1, 0.15) is 37.4 Å². The van der Waals surface area contributed by atoms with E-state index in [4.69, 9.17) is 9.47 Å². The molecule has 0 aliphatic heterocycles. The van der Waals surface area contributed by atoms with E-state index in [1.807, 2.05) is 25.1 Å².